The fourth-order valence-electron chi connectivity index (χ4n) is 4.45. The van der Waals surface area contributed by atoms with Crippen molar-refractivity contribution in [2.75, 3.05) is 10.2 Å². The maximum Gasteiger partial charge on any atom is 0.140 e. The molecular weight excluding hydrogens is 517 g/mol. The Kier molecular flexibility index (Phi) is 9.10. The Morgan fingerprint density at radius 3 is 1.89 bits per heavy atom. The quantitative estimate of drug-likeness (QED) is 0.154. The third kappa shape index (κ3) is 5.88. The number of nitrogens with one attached hydrogen (secondary N) is 1. The summed E-state index contributed by atoms with van der Waals surface area (Å²) in [5.74, 6) is 2.43. The van der Waals surface area contributed by atoms with Crippen LogP contribution in [-0.2, 0) is 32.7 Å². The molecule has 36 heavy (non-hydrogen) atoms. The van der Waals surface area contributed by atoms with E-state index in [1.807, 2.05) is 37.3 Å². The van der Waals surface area contributed by atoms with Gasteiger partial charge < -0.3 is 10.3 Å². The van der Waals surface area contributed by atoms with E-state index < -0.39 is 0 Å². The second-order valence-corrected chi connectivity index (χ2v) is 9.09. The van der Waals surface area contributed by atoms with Crippen LogP contribution >= 0.6 is 0 Å². The summed E-state index contributed by atoms with van der Waals surface area (Å²) in [4.78, 5) is 12.2. The number of hydrogen-bond acceptors (Lipinski definition) is 3. The van der Waals surface area contributed by atoms with Gasteiger partial charge in [0.2, 0.25) is 0 Å². The minimum absolute atomic E-state index is 0. The SMILES string of the molecule is [CH2-]c1cccc(C)c1N=C(C)N(c1cccc(Nc2c(C)cccc2C)n1)c1c(C)cccc1C.[Y]. The van der Waals surface area contributed by atoms with Crippen LogP contribution in [0.5, 0.6) is 0 Å². The smallest absolute Gasteiger partial charge is 0.140 e. The molecule has 4 nitrogen and oxygen atoms in total. The van der Waals surface area contributed by atoms with E-state index in [-0.39, 0.29) is 32.7 Å². The summed E-state index contributed by atoms with van der Waals surface area (Å²) in [6, 6.07) is 24.8. The molecule has 4 aromatic rings. The van der Waals surface area contributed by atoms with Crippen molar-refractivity contribution in [3.8, 4) is 0 Å². The van der Waals surface area contributed by atoms with Crippen molar-refractivity contribution in [2.24, 2.45) is 4.99 Å². The number of benzene rings is 3. The summed E-state index contributed by atoms with van der Waals surface area (Å²) in [5, 5.41) is 3.54. The van der Waals surface area contributed by atoms with Crippen molar-refractivity contribution in [1.29, 1.82) is 0 Å². The number of para-hydroxylation sites is 3. The van der Waals surface area contributed by atoms with Gasteiger partial charge in [-0.05, 0) is 81.6 Å². The third-order valence-corrected chi connectivity index (χ3v) is 6.28. The topological polar surface area (TPSA) is 40.5 Å². The predicted octanol–water partition coefficient (Wildman–Crippen LogP) is 8.44. The van der Waals surface area contributed by atoms with Gasteiger partial charge in [0.05, 0.1) is 11.5 Å². The van der Waals surface area contributed by atoms with Crippen LogP contribution in [0, 0.1) is 41.5 Å². The number of rotatable bonds is 5. The average Bonchev–Trinajstić information content (AvgIpc) is 2.81. The van der Waals surface area contributed by atoms with Crippen molar-refractivity contribution >= 4 is 34.5 Å². The van der Waals surface area contributed by atoms with E-state index in [0.29, 0.717) is 0 Å². The van der Waals surface area contributed by atoms with Gasteiger partial charge in [0.15, 0.2) is 0 Å². The van der Waals surface area contributed by atoms with Crippen molar-refractivity contribution in [3.63, 3.8) is 0 Å². The van der Waals surface area contributed by atoms with Gasteiger partial charge in [0, 0.05) is 38.4 Å². The maximum atomic E-state index is 5.05. The first-order chi connectivity index (χ1) is 16.8. The van der Waals surface area contributed by atoms with E-state index in [2.05, 4.69) is 94.2 Å². The second-order valence-electron chi connectivity index (χ2n) is 9.09. The van der Waals surface area contributed by atoms with E-state index in [9.17, 15) is 0 Å². The fraction of sp³-hybridized carbons (Fsp3) is 0.194. The number of hydrogen-bond donors (Lipinski definition) is 1. The van der Waals surface area contributed by atoms with Gasteiger partial charge in [-0.2, -0.15) is 18.6 Å². The molecule has 0 fully saturated rings. The summed E-state index contributed by atoms with van der Waals surface area (Å²) >= 11 is 0. The molecule has 4 rings (SSSR count). The molecule has 0 bridgehead atoms. The summed E-state index contributed by atoms with van der Waals surface area (Å²) < 4.78 is 0. The molecule has 1 N–H and O–H groups in total. The Morgan fingerprint density at radius 2 is 1.28 bits per heavy atom. The van der Waals surface area contributed by atoms with E-state index in [1.54, 1.807) is 0 Å². The van der Waals surface area contributed by atoms with Crippen LogP contribution in [0.4, 0.5) is 28.7 Å². The molecule has 1 aromatic heterocycles. The first-order valence-electron chi connectivity index (χ1n) is 11.9. The van der Waals surface area contributed by atoms with E-state index in [0.717, 1.165) is 56.8 Å². The molecular formula is C31H33N4Y-. The predicted molar refractivity (Wildman–Crippen MR) is 150 cm³/mol. The monoisotopic (exact) mass is 550 g/mol. The molecule has 3 aromatic carbocycles. The Balaban J connectivity index is 0.00000361. The van der Waals surface area contributed by atoms with Crippen LogP contribution in [0.25, 0.3) is 0 Å². The molecule has 1 heterocycles. The number of anilines is 4. The molecule has 0 saturated carbocycles. The van der Waals surface area contributed by atoms with Crippen LogP contribution in [0.3, 0.4) is 0 Å². The Bertz CT molecular complexity index is 1350. The molecule has 0 saturated heterocycles. The van der Waals surface area contributed by atoms with Gasteiger partial charge >= 0.3 is 0 Å². The van der Waals surface area contributed by atoms with Gasteiger partial charge in [-0.3, -0.25) is 4.90 Å². The number of aromatic nitrogens is 1. The summed E-state index contributed by atoms with van der Waals surface area (Å²) in [6.07, 6.45) is 0. The molecule has 0 unspecified atom stereocenters. The van der Waals surface area contributed by atoms with Crippen molar-refractivity contribution < 1.29 is 32.7 Å². The molecule has 0 aliphatic rings. The first-order valence-corrected chi connectivity index (χ1v) is 11.9. The third-order valence-electron chi connectivity index (χ3n) is 6.28. The summed E-state index contributed by atoms with van der Waals surface area (Å²) in [7, 11) is 0. The molecule has 0 aliphatic heterocycles. The number of aryl methyl sites for hydroxylation is 5. The van der Waals surface area contributed by atoms with Crippen molar-refractivity contribution in [3.05, 3.63) is 113 Å². The van der Waals surface area contributed by atoms with Crippen LogP contribution in [0.2, 0.25) is 0 Å². The van der Waals surface area contributed by atoms with Gasteiger partial charge in [-0.15, -0.1) is 6.07 Å². The van der Waals surface area contributed by atoms with Crippen molar-refractivity contribution in [2.45, 2.75) is 41.5 Å². The Hall–Kier alpha value is -2.95. The Labute approximate surface area is 240 Å². The fourth-order valence-corrected chi connectivity index (χ4v) is 4.45. The van der Waals surface area contributed by atoms with Crippen LogP contribution in [-0.4, -0.2) is 10.8 Å². The minimum atomic E-state index is 0. The first kappa shape index (κ1) is 27.6. The molecule has 0 amide bonds. The van der Waals surface area contributed by atoms with E-state index >= 15 is 0 Å². The Morgan fingerprint density at radius 1 is 0.750 bits per heavy atom. The largest absolute Gasteiger partial charge is 0.340 e. The zero-order chi connectivity index (χ0) is 25.1. The zero-order valence-electron chi connectivity index (χ0n) is 22.1. The molecule has 0 atom stereocenters. The second kappa shape index (κ2) is 11.9. The van der Waals surface area contributed by atoms with E-state index in [1.165, 1.54) is 11.1 Å². The van der Waals surface area contributed by atoms with E-state index in [4.69, 9.17) is 9.98 Å². The molecule has 0 aliphatic carbocycles. The number of pyridine rings is 1. The zero-order valence-corrected chi connectivity index (χ0v) is 24.9. The number of amidine groups is 1. The van der Waals surface area contributed by atoms with Crippen LogP contribution in [0.1, 0.15) is 40.3 Å². The summed E-state index contributed by atoms with van der Waals surface area (Å²) in [5.41, 5.74) is 9.76. The summed E-state index contributed by atoms with van der Waals surface area (Å²) in [6.45, 7) is 16.8. The van der Waals surface area contributed by atoms with Crippen molar-refractivity contribution in [1.82, 2.24) is 4.98 Å². The maximum absolute atomic E-state index is 5.05. The van der Waals surface area contributed by atoms with Gasteiger partial charge in [-0.25, -0.2) is 4.98 Å². The minimum Gasteiger partial charge on any atom is -0.340 e. The van der Waals surface area contributed by atoms with Gasteiger partial charge in [-0.1, -0.05) is 54.1 Å². The molecule has 0 spiro atoms. The molecule has 1 radical (unpaired) electrons. The number of nitrogens with zero attached hydrogens (tertiary/aromatic N) is 3. The molecule has 5 heteroatoms. The van der Waals surface area contributed by atoms with Gasteiger partial charge in [0.25, 0.3) is 0 Å². The standard InChI is InChI=1S/C31H33N4.Y/c1-20-12-8-13-21(2)29(20)32-26(7)35(31-24(5)16-10-17-25(31)6)28-19-11-18-27(33-28)34-30-22(3)14-9-15-23(30)4;/h8-19H,1H2,2-7H3,(H,33,34);/q-1;. The average molecular weight is 551 g/mol. The normalized spacial score (nSPS) is 11.1. The number of aliphatic imine (C=N–C) groups is 1. The van der Waals surface area contributed by atoms with Gasteiger partial charge in [0.1, 0.15) is 11.6 Å². The molecule has 181 valence electrons. The van der Waals surface area contributed by atoms with Crippen LogP contribution < -0.4 is 10.2 Å². The van der Waals surface area contributed by atoms with Crippen LogP contribution in [0.15, 0.2) is 77.8 Å².